The average molecular weight is 254 g/mol. The predicted molar refractivity (Wildman–Crippen MR) is 70.2 cm³/mol. The van der Waals surface area contributed by atoms with Gasteiger partial charge in [0.1, 0.15) is 17.6 Å². The fraction of sp³-hybridized carbons (Fsp3) is 0.571. The van der Waals surface area contributed by atoms with Crippen LogP contribution in [0.25, 0.3) is 0 Å². The molecule has 4 nitrogen and oxygen atoms in total. The first-order valence-corrected chi connectivity index (χ1v) is 5.91. The summed E-state index contributed by atoms with van der Waals surface area (Å²) in [6.45, 7) is 6.06. The molecule has 1 N–H and O–H groups in total. The van der Waals surface area contributed by atoms with Crippen molar-refractivity contribution in [2.24, 2.45) is 0 Å². The van der Waals surface area contributed by atoms with E-state index in [4.69, 9.17) is 14.2 Å². The van der Waals surface area contributed by atoms with Crippen LogP contribution in [0, 0.1) is 0 Å². The predicted octanol–water partition coefficient (Wildman–Crippen LogP) is 2.55. The molecule has 1 aromatic carbocycles. The van der Waals surface area contributed by atoms with Crippen molar-refractivity contribution < 1.29 is 19.3 Å². The van der Waals surface area contributed by atoms with Crippen LogP contribution in [0.3, 0.4) is 0 Å². The van der Waals surface area contributed by atoms with E-state index in [2.05, 4.69) is 0 Å². The van der Waals surface area contributed by atoms with E-state index in [1.807, 2.05) is 20.8 Å². The molecule has 1 rings (SSSR count). The number of rotatable bonds is 5. The lowest BCUT2D eigenvalue weighted by Gasteiger charge is -2.23. The fourth-order valence-electron chi connectivity index (χ4n) is 1.52. The Labute approximate surface area is 108 Å². The van der Waals surface area contributed by atoms with Crippen molar-refractivity contribution in [3.63, 3.8) is 0 Å². The Morgan fingerprint density at radius 3 is 2.33 bits per heavy atom. The van der Waals surface area contributed by atoms with Crippen molar-refractivity contribution >= 4 is 0 Å². The van der Waals surface area contributed by atoms with Crippen molar-refractivity contribution in [1.29, 1.82) is 0 Å². The molecule has 0 aromatic heterocycles. The summed E-state index contributed by atoms with van der Waals surface area (Å²) in [4.78, 5) is 0. The third-order valence-electron chi connectivity index (χ3n) is 2.47. The van der Waals surface area contributed by atoms with E-state index in [1.54, 1.807) is 32.4 Å². The zero-order valence-electron chi connectivity index (χ0n) is 11.7. The van der Waals surface area contributed by atoms with Gasteiger partial charge in [0.15, 0.2) is 0 Å². The van der Waals surface area contributed by atoms with E-state index < -0.39 is 6.10 Å². The topological polar surface area (TPSA) is 47.9 Å². The maximum Gasteiger partial charge on any atom is 0.125 e. The molecule has 0 amide bonds. The molecule has 0 aliphatic rings. The Hall–Kier alpha value is -1.26. The minimum absolute atomic E-state index is 0.215. The van der Waals surface area contributed by atoms with E-state index in [0.29, 0.717) is 17.1 Å². The average Bonchev–Trinajstić information content (AvgIpc) is 2.34. The van der Waals surface area contributed by atoms with Gasteiger partial charge in [0, 0.05) is 5.56 Å². The van der Waals surface area contributed by atoms with Gasteiger partial charge in [-0.05, 0) is 39.0 Å². The highest BCUT2D eigenvalue weighted by atomic mass is 16.5. The zero-order chi connectivity index (χ0) is 13.8. The molecular formula is C14H22O4. The van der Waals surface area contributed by atoms with E-state index in [-0.39, 0.29) is 12.2 Å². The number of aliphatic hydroxyl groups is 1. The molecule has 0 heterocycles. The largest absolute Gasteiger partial charge is 0.497 e. The number of benzene rings is 1. The molecular weight excluding hydrogens is 232 g/mol. The van der Waals surface area contributed by atoms with Gasteiger partial charge in [0.2, 0.25) is 0 Å². The quantitative estimate of drug-likeness (QED) is 0.877. The summed E-state index contributed by atoms with van der Waals surface area (Å²) in [7, 11) is 3.16. The van der Waals surface area contributed by atoms with Crippen LogP contribution in [0.4, 0.5) is 0 Å². The Bertz CT molecular complexity index is 382. The van der Waals surface area contributed by atoms with Gasteiger partial charge in [0.25, 0.3) is 0 Å². The van der Waals surface area contributed by atoms with Crippen LogP contribution in [0.5, 0.6) is 11.5 Å². The maximum absolute atomic E-state index is 10.2. The molecule has 0 bridgehead atoms. The van der Waals surface area contributed by atoms with Crippen LogP contribution in [-0.2, 0) is 4.74 Å². The lowest BCUT2D eigenvalue weighted by atomic mass is 10.1. The zero-order valence-corrected chi connectivity index (χ0v) is 11.7. The van der Waals surface area contributed by atoms with Crippen molar-refractivity contribution in [2.75, 3.05) is 20.8 Å². The molecule has 1 aromatic rings. The van der Waals surface area contributed by atoms with E-state index in [9.17, 15) is 5.11 Å². The smallest absolute Gasteiger partial charge is 0.125 e. The van der Waals surface area contributed by atoms with Gasteiger partial charge in [0.05, 0.1) is 26.4 Å². The molecule has 0 aliphatic carbocycles. The third kappa shape index (κ3) is 4.20. The Balaban J connectivity index is 2.85. The Morgan fingerprint density at radius 2 is 1.83 bits per heavy atom. The summed E-state index contributed by atoms with van der Waals surface area (Å²) in [5.74, 6) is 1.31. The van der Waals surface area contributed by atoms with Crippen molar-refractivity contribution in [2.45, 2.75) is 32.5 Å². The molecule has 102 valence electrons. The molecule has 18 heavy (non-hydrogen) atoms. The molecule has 1 atom stereocenters. The van der Waals surface area contributed by atoms with Crippen LogP contribution in [-0.4, -0.2) is 31.5 Å². The summed E-state index contributed by atoms with van der Waals surface area (Å²) in [5.41, 5.74) is 0.383. The number of hydrogen-bond acceptors (Lipinski definition) is 4. The van der Waals surface area contributed by atoms with Gasteiger partial charge >= 0.3 is 0 Å². The monoisotopic (exact) mass is 254 g/mol. The van der Waals surface area contributed by atoms with Gasteiger partial charge in [-0.1, -0.05) is 0 Å². The first kappa shape index (κ1) is 14.8. The highest BCUT2D eigenvalue weighted by molar-refractivity contribution is 5.41. The van der Waals surface area contributed by atoms with Gasteiger partial charge in [-0.15, -0.1) is 0 Å². The van der Waals surface area contributed by atoms with Crippen LogP contribution in [0.2, 0.25) is 0 Å². The molecule has 0 saturated carbocycles. The second-order valence-electron chi connectivity index (χ2n) is 5.05. The number of aliphatic hydroxyl groups excluding tert-OH is 1. The Kier molecular flexibility index (Phi) is 4.99. The van der Waals surface area contributed by atoms with Crippen LogP contribution in [0.15, 0.2) is 18.2 Å². The van der Waals surface area contributed by atoms with Gasteiger partial charge in [-0.3, -0.25) is 0 Å². The Morgan fingerprint density at radius 1 is 1.17 bits per heavy atom. The summed E-state index contributed by atoms with van der Waals surface area (Å²) < 4.78 is 15.9. The fourth-order valence-corrected chi connectivity index (χ4v) is 1.52. The first-order valence-electron chi connectivity index (χ1n) is 5.91. The first-order chi connectivity index (χ1) is 8.37. The van der Waals surface area contributed by atoms with Crippen LogP contribution in [0.1, 0.15) is 32.4 Å². The van der Waals surface area contributed by atoms with Gasteiger partial charge < -0.3 is 19.3 Å². The summed E-state index contributed by atoms with van der Waals surface area (Å²) in [6, 6.07) is 5.32. The number of methoxy groups -OCH3 is 2. The minimum atomic E-state index is -0.741. The molecule has 1 unspecified atom stereocenters. The highest BCUT2D eigenvalue weighted by Crippen LogP contribution is 2.30. The summed E-state index contributed by atoms with van der Waals surface area (Å²) in [5, 5.41) is 10.2. The third-order valence-corrected chi connectivity index (χ3v) is 2.47. The van der Waals surface area contributed by atoms with Crippen molar-refractivity contribution in [3.8, 4) is 11.5 Å². The molecule has 0 fully saturated rings. The summed E-state index contributed by atoms with van der Waals surface area (Å²) >= 11 is 0. The van der Waals surface area contributed by atoms with Crippen LogP contribution >= 0.6 is 0 Å². The van der Waals surface area contributed by atoms with Crippen molar-refractivity contribution in [1.82, 2.24) is 0 Å². The van der Waals surface area contributed by atoms with E-state index >= 15 is 0 Å². The number of hydrogen-bond donors (Lipinski definition) is 1. The normalized spacial score (nSPS) is 13.2. The number of ether oxygens (including phenoxy) is 3. The van der Waals surface area contributed by atoms with Crippen molar-refractivity contribution in [3.05, 3.63) is 23.8 Å². The van der Waals surface area contributed by atoms with Gasteiger partial charge in [-0.2, -0.15) is 0 Å². The van der Waals surface area contributed by atoms with E-state index in [0.717, 1.165) is 0 Å². The molecule has 0 saturated heterocycles. The summed E-state index contributed by atoms with van der Waals surface area (Å²) in [6.07, 6.45) is -0.741. The standard InChI is InChI=1S/C14H22O4/c1-14(2,3)18-9-12(15)11-8-10(16-4)6-7-13(11)17-5/h6-8,12,15H,9H2,1-5H3. The molecule has 0 radical (unpaired) electrons. The molecule has 0 aliphatic heterocycles. The molecule has 4 heteroatoms. The van der Waals surface area contributed by atoms with Crippen LogP contribution < -0.4 is 9.47 Å². The SMILES string of the molecule is COc1ccc(OC)c(C(O)COC(C)(C)C)c1. The van der Waals surface area contributed by atoms with E-state index in [1.165, 1.54) is 0 Å². The lowest BCUT2D eigenvalue weighted by molar-refractivity contribution is -0.0501. The lowest BCUT2D eigenvalue weighted by Crippen LogP contribution is -2.23. The van der Waals surface area contributed by atoms with Gasteiger partial charge in [-0.25, -0.2) is 0 Å². The minimum Gasteiger partial charge on any atom is -0.497 e. The maximum atomic E-state index is 10.2. The highest BCUT2D eigenvalue weighted by Gasteiger charge is 2.18. The second-order valence-corrected chi connectivity index (χ2v) is 5.05. The molecule has 0 spiro atoms. The second kappa shape index (κ2) is 6.07.